The topological polar surface area (TPSA) is 55.1 Å². The molecule has 0 aliphatic rings. The van der Waals surface area contributed by atoms with Gasteiger partial charge in [0.1, 0.15) is 0 Å². The number of nitrogens with one attached hydrogen (secondary N) is 1. The van der Waals surface area contributed by atoms with Crippen molar-refractivity contribution in [3.05, 3.63) is 0 Å². The van der Waals surface area contributed by atoms with Crippen LogP contribution in [0.3, 0.4) is 0 Å². The number of carbonyl (C=O) groups excluding carboxylic acids is 1. The van der Waals surface area contributed by atoms with Crippen LogP contribution in [0.25, 0.3) is 0 Å². The molecule has 3 N–H and O–H groups in total. The molecule has 0 aliphatic heterocycles. The first-order chi connectivity index (χ1) is 2.27. The molecule has 0 aromatic rings. The Hall–Kier alpha value is 1.07. The summed E-state index contributed by atoms with van der Waals surface area (Å²) in [5, 5.41) is 0. The van der Waals surface area contributed by atoms with Gasteiger partial charge in [-0.1, -0.05) is 0 Å². The summed E-state index contributed by atoms with van der Waals surface area (Å²) in [6.45, 7) is 0. The summed E-state index contributed by atoms with van der Waals surface area (Å²) in [5.74, 6) is 4.62. The van der Waals surface area contributed by atoms with Crippen molar-refractivity contribution in [3.8, 4) is 0 Å². The van der Waals surface area contributed by atoms with Gasteiger partial charge < -0.3 is 0 Å². The van der Waals surface area contributed by atoms with Crippen LogP contribution in [-0.4, -0.2) is 49.0 Å². The third-order valence-corrected chi connectivity index (χ3v) is 0.654. The van der Waals surface area contributed by atoms with Gasteiger partial charge in [0.25, 0.3) is 0 Å². The van der Waals surface area contributed by atoms with E-state index in [9.17, 15) is 4.79 Å². The van der Waals surface area contributed by atoms with Crippen LogP contribution >= 0.6 is 0 Å². The monoisotopic (exact) mass is 98.0 g/mol. The van der Waals surface area contributed by atoms with Crippen LogP contribution < -0.4 is 11.3 Å². The number of rotatable bonds is 0. The molecule has 0 aliphatic carbocycles. The van der Waals surface area contributed by atoms with Crippen LogP contribution in [0, 0.1) is 0 Å². The number of carbonyl (C=O) groups is 1. The summed E-state index contributed by atoms with van der Waals surface area (Å²) in [7, 11) is 0. The van der Waals surface area contributed by atoms with Crippen LogP contribution in [0.5, 0.6) is 0 Å². The van der Waals surface area contributed by atoms with Gasteiger partial charge in [0.2, 0.25) is 0 Å². The van der Waals surface area contributed by atoms with Gasteiger partial charge in [-0.3, -0.25) is 0 Å². The summed E-state index contributed by atoms with van der Waals surface area (Å²) in [6, 6.07) is 0. The van der Waals surface area contributed by atoms with Crippen LogP contribution in [0.2, 0.25) is 0 Å². The number of nitrogens with two attached hydrogens (primary N) is 1. The van der Waals surface area contributed by atoms with Gasteiger partial charge in [0.05, 0.1) is 0 Å². The fourth-order valence-corrected chi connectivity index (χ4v) is 0. The molecule has 0 rings (SSSR count). The second kappa shape index (κ2) is 3.26. The normalized spacial score (nSPS) is 7.00. The van der Waals surface area contributed by atoms with Crippen LogP contribution in [0.15, 0.2) is 0 Å². The number of amides is 1. The van der Waals surface area contributed by atoms with E-state index in [4.69, 9.17) is 0 Å². The summed E-state index contributed by atoms with van der Waals surface area (Å²) in [4.78, 5) is 9.66. The van der Waals surface area contributed by atoms with Crippen molar-refractivity contribution < 1.29 is 4.79 Å². The van der Waals surface area contributed by atoms with E-state index < -0.39 is 0 Å². The number of hydrogen-bond donors (Lipinski definition) is 2. The van der Waals surface area contributed by atoms with Crippen molar-refractivity contribution >= 4 is 49.0 Å². The zero-order chi connectivity index (χ0) is 4.28. The van der Waals surface area contributed by atoms with E-state index in [1.165, 1.54) is 0 Å². The molecular formula is CH3KN2O. The van der Waals surface area contributed by atoms with Crippen LogP contribution in [0.1, 0.15) is 0 Å². The molecule has 1 amide bonds. The Morgan fingerprint density at radius 2 is 2.20 bits per heavy atom. The molecule has 0 bridgehead atoms. The van der Waals surface area contributed by atoms with Crippen LogP contribution in [-0.2, 0) is 0 Å². The minimum atomic E-state index is -0.0301. The van der Waals surface area contributed by atoms with E-state index in [-0.39, 0.29) is 49.0 Å². The fourth-order valence-electron chi connectivity index (χ4n) is 0. The Kier molecular flexibility index (Phi) is 3.96. The Morgan fingerprint density at radius 1 is 2.00 bits per heavy atom. The van der Waals surface area contributed by atoms with Gasteiger partial charge in [-0.2, -0.15) is 0 Å². The van der Waals surface area contributed by atoms with E-state index in [0.29, 0.717) is 0 Å². The van der Waals surface area contributed by atoms with Crippen molar-refractivity contribution in [3.63, 3.8) is 0 Å². The van der Waals surface area contributed by atoms with Crippen molar-refractivity contribution in [2.45, 2.75) is 0 Å². The van der Waals surface area contributed by atoms with Crippen LogP contribution in [0.4, 0.5) is 4.79 Å². The van der Waals surface area contributed by atoms with E-state index in [2.05, 4.69) is 5.84 Å². The molecule has 0 spiro atoms. The van der Waals surface area contributed by atoms with Crippen molar-refractivity contribution in [1.29, 1.82) is 0 Å². The zero-order valence-corrected chi connectivity index (χ0v) is 6.11. The zero-order valence-electron chi connectivity index (χ0n) is 2.99. The van der Waals surface area contributed by atoms with Gasteiger partial charge in [0, 0.05) is 0 Å². The minimum absolute atomic E-state index is 0.0301. The number of hydrazine groups is 1. The average molecular weight is 98.1 g/mol. The molecule has 0 radical (unpaired) electrons. The SMILES string of the molecule is NN[C](=O)[K]. The second-order valence-corrected chi connectivity index (χ2v) is 2.12. The Morgan fingerprint density at radius 3 is 2.20 bits per heavy atom. The molecule has 0 heterocycles. The van der Waals surface area contributed by atoms with Gasteiger partial charge in [-0.25, -0.2) is 0 Å². The number of hydrogen-bond acceptors (Lipinski definition) is 2. The maximum absolute atomic E-state index is 9.66. The quantitative estimate of drug-likeness (QED) is 0.172. The Bertz CT molecular complexity index is 44.9. The van der Waals surface area contributed by atoms with Gasteiger partial charge in [0.15, 0.2) is 0 Å². The maximum atomic E-state index is 9.66. The molecule has 0 aromatic heterocycles. The molecule has 0 atom stereocenters. The van der Waals surface area contributed by atoms with E-state index in [0.717, 1.165) is 0 Å². The third kappa shape index (κ3) is 5.07. The Balaban J connectivity index is 2.85. The molecule has 24 valence electrons. The summed E-state index contributed by atoms with van der Waals surface area (Å²) in [5.41, 5.74) is 1.97. The van der Waals surface area contributed by atoms with E-state index in [1.54, 1.807) is 0 Å². The summed E-state index contributed by atoms with van der Waals surface area (Å²) >= 11 is 0.196. The molecule has 0 saturated heterocycles. The Labute approximate surface area is 63.8 Å². The second-order valence-electron chi connectivity index (χ2n) is 0.701. The van der Waals surface area contributed by atoms with Gasteiger partial charge in [-0.05, 0) is 0 Å². The first-order valence-corrected chi connectivity index (χ1v) is 2.80. The summed E-state index contributed by atoms with van der Waals surface area (Å²) < 4.78 is -0.0301. The predicted molar refractivity (Wildman–Crippen MR) is 18.5 cm³/mol. The van der Waals surface area contributed by atoms with Gasteiger partial charge >= 0.3 is 65.0 Å². The fraction of sp³-hybridized carbons (Fsp3) is 0. The van der Waals surface area contributed by atoms with Crippen molar-refractivity contribution in [2.75, 3.05) is 0 Å². The first kappa shape index (κ1) is 6.07. The summed E-state index contributed by atoms with van der Waals surface area (Å²) in [6.07, 6.45) is 0. The molecule has 3 nitrogen and oxygen atoms in total. The van der Waals surface area contributed by atoms with E-state index >= 15 is 0 Å². The molecular weight excluding hydrogens is 95.1 g/mol. The molecule has 0 unspecified atom stereocenters. The molecule has 0 aromatic carbocycles. The molecule has 5 heavy (non-hydrogen) atoms. The predicted octanol–water partition coefficient (Wildman–Crippen LogP) is -1.26. The molecule has 0 saturated carbocycles. The molecule has 4 heteroatoms. The van der Waals surface area contributed by atoms with Gasteiger partial charge in [-0.15, -0.1) is 0 Å². The first-order valence-electron chi connectivity index (χ1n) is 1.24. The van der Waals surface area contributed by atoms with Crippen molar-refractivity contribution in [1.82, 2.24) is 5.43 Å². The average Bonchev–Trinajstić information content (AvgIpc) is 1.38. The van der Waals surface area contributed by atoms with E-state index in [1.807, 2.05) is 5.43 Å². The molecule has 0 fully saturated rings. The van der Waals surface area contributed by atoms with Crippen molar-refractivity contribution in [2.24, 2.45) is 5.84 Å². The third-order valence-electron chi connectivity index (χ3n) is 0.203. The standard InChI is InChI=1S/CH3N2O.K/c2-3-1-4;/h2H2,(H,3,4);.